The van der Waals surface area contributed by atoms with Gasteiger partial charge >= 0.3 is 0 Å². The Morgan fingerprint density at radius 3 is 2.27 bits per heavy atom. The fraction of sp³-hybridized carbons (Fsp3) is 0.368. The van der Waals surface area contributed by atoms with E-state index in [4.69, 9.17) is 27.9 Å². The molecule has 7 heteroatoms. The summed E-state index contributed by atoms with van der Waals surface area (Å²) in [6.45, 7) is 3.94. The normalized spacial score (nSPS) is 11.6. The molecule has 1 N–H and O–H groups in total. The van der Waals surface area contributed by atoms with Crippen LogP contribution >= 0.6 is 23.2 Å². The zero-order valence-electron chi connectivity index (χ0n) is 15.0. The minimum absolute atomic E-state index is 0.0467. The third-order valence-corrected chi connectivity index (χ3v) is 6.05. The number of aliphatic hydroxyl groups is 1. The highest BCUT2D eigenvalue weighted by atomic mass is 35.5. The second-order valence-electron chi connectivity index (χ2n) is 6.27. The van der Waals surface area contributed by atoms with E-state index < -0.39 is 9.84 Å². The summed E-state index contributed by atoms with van der Waals surface area (Å²) in [6, 6.07) is 7.55. The number of rotatable bonds is 7. The number of sulfone groups is 1. The largest absolute Gasteiger partial charge is 0.490 e. The van der Waals surface area contributed by atoms with E-state index >= 15 is 0 Å². The highest BCUT2D eigenvalue weighted by Gasteiger charge is 2.20. The fourth-order valence-corrected chi connectivity index (χ4v) is 4.00. The maximum absolute atomic E-state index is 11.2. The molecule has 0 aliphatic carbocycles. The van der Waals surface area contributed by atoms with Gasteiger partial charge in [-0.05, 0) is 54.2 Å². The Morgan fingerprint density at radius 2 is 1.73 bits per heavy atom. The molecular weight excluding hydrogens is 395 g/mol. The fourth-order valence-electron chi connectivity index (χ4n) is 2.82. The highest BCUT2D eigenvalue weighted by molar-refractivity contribution is 7.90. The first kappa shape index (κ1) is 21.0. The van der Waals surface area contributed by atoms with Crippen LogP contribution in [0.2, 0.25) is 10.0 Å². The van der Waals surface area contributed by atoms with Crippen molar-refractivity contribution in [3.8, 4) is 16.9 Å². The van der Waals surface area contributed by atoms with Crippen molar-refractivity contribution < 1.29 is 18.3 Å². The molecule has 2 rings (SSSR count). The van der Waals surface area contributed by atoms with Crippen molar-refractivity contribution in [1.29, 1.82) is 0 Å². The molecule has 0 unspecified atom stereocenters. The molecule has 26 heavy (non-hydrogen) atoms. The third kappa shape index (κ3) is 4.92. The van der Waals surface area contributed by atoms with Gasteiger partial charge in [0.2, 0.25) is 0 Å². The number of hydrogen-bond acceptors (Lipinski definition) is 4. The minimum Gasteiger partial charge on any atom is -0.490 e. The number of halogens is 2. The van der Waals surface area contributed by atoms with E-state index in [1.54, 1.807) is 0 Å². The summed E-state index contributed by atoms with van der Waals surface area (Å²) in [5.74, 6) is 0.422. The van der Waals surface area contributed by atoms with Gasteiger partial charge in [0.25, 0.3) is 0 Å². The third-order valence-electron chi connectivity index (χ3n) is 4.11. The topological polar surface area (TPSA) is 63.6 Å². The lowest BCUT2D eigenvalue weighted by Crippen LogP contribution is -2.09. The van der Waals surface area contributed by atoms with Crippen LogP contribution in [0.1, 0.15) is 23.1 Å². The smallest absolute Gasteiger partial charge is 0.157 e. The van der Waals surface area contributed by atoms with Crippen LogP contribution in [-0.2, 0) is 16.4 Å². The quantitative estimate of drug-likeness (QED) is 0.670. The van der Waals surface area contributed by atoms with Gasteiger partial charge in [0.1, 0.15) is 9.84 Å². The number of benzene rings is 2. The van der Waals surface area contributed by atoms with Crippen molar-refractivity contribution >= 4 is 33.0 Å². The van der Waals surface area contributed by atoms with Crippen molar-refractivity contribution in [3.63, 3.8) is 0 Å². The molecule has 0 heterocycles. The van der Waals surface area contributed by atoms with Crippen molar-refractivity contribution in [1.82, 2.24) is 0 Å². The van der Waals surface area contributed by atoms with Gasteiger partial charge in [-0.15, -0.1) is 0 Å². The molecule has 0 saturated heterocycles. The van der Waals surface area contributed by atoms with Crippen LogP contribution in [0.3, 0.4) is 0 Å². The van der Waals surface area contributed by atoms with Crippen LogP contribution in [0.25, 0.3) is 11.1 Å². The molecule has 0 radical (unpaired) electrons. The lowest BCUT2D eigenvalue weighted by atomic mass is 9.94. The molecule has 0 aromatic heterocycles. The molecule has 0 fully saturated rings. The predicted octanol–water partition coefficient (Wildman–Crippen LogP) is 4.58. The minimum atomic E-state index is -3.03. The molecule has 0 amide bonds. The Labute approximate surface area is 164 Å². The summed E-state index contributed by atoms with van der Waals surface area (Å²) in [7, 11) is -3.03. The molecule has 2 aromatic carbocycles. The van der Waals surface area contributed by atoms with E-state index in [-0.39, 0.29) is 19.0 Å². The monoisotopic (exact) mass is 416 g/mol. The molecular formula is C19H22Cl2O4S. The SMILES string of the molecule is Cc1c(Cl)c(OCCCS(C)(=O)=O)c(Cl)c(C)c1-c1cccc(CO)c1. The second-order valence-corrected chi connectivity index (χ2v) is 9.29. The zero-order valence-corrected chi connectivity index (χ0v) is 17.3. The molecule has 0 aliphatic heterocycles. The van der Waals surface area contributed by atoms with Crippen LogP contribution in [-0.4, -0.2) is 32.1 Å². The second kappa shape index (κ2) is 8.61. The van der Waals surface area contributed by atoms with Gasteiger partial charge in [-0.3, -0.25) is 0 Å². The van der Waals surface area contributed by atoms with Crippen LogP contribution in [0.15, 0.2) is 24.3 Å². The standard InChI is InChI=1S/C19H22Cl2O4S/c1-12-16(15-7-4-6-14(10-15)11-22)13(2)18(21)19(17(12)20)25-8-5-9-26(3,23)24/h4,6-7,10,22H,5,8-9,11H2,1-3H3. The Balaban J connectivity index is 2.37. The average Bonchev–Trinajstić information content (AvgIpc) is 2.59. The Hall–Kier alpha value is -1.27. The summed E-state index contributed by atoms with van der Waals surface area (Å²) in [6.07, 6.45) is 1.56. The predicted molar refractivity (Wildman–Crippen MR) is 107 cm³/mol. The number of hydrogen-bond donors (Lipinski definition) is 1. The summed E-state index contributed by atoms with van der Waals surface area (Å²) < 4.78 is 28.1. The maximum Gasteiger partial charge on any atom is 0.157 e. The first-order chi connectivity index (χ1) is 12.2. The molecule has 2 aromatic rings. The van der Waals surface area contributed by atoms with E-state index in [0.717, 1.165) is 27.8 Å². The van der Waals surface area contributed by atoms with E-state index in [0.29, 0.717) is 22.2 Å². The van der Waals surface area contributed by atoms with E-state index in [2.05, 4.69) is 0 Å². The summed E-state index contributed by atoms with van der Waals surface area (Å²) in [5.41, 5.74) is 4.26. The van der Waals surface area contributed by atoms with Crippen molar-refractivity contribution in [3.05, 3.63) is 51.0 Å². The lowest BCUT2D eigenvalue weighted by molar-refractivity contribution is 0.282. The van der Waals surface area contributed by atoms with Crippen LogP contribution in [0.5, 0.6) is 5.75 Å². The first-order valence-corrected chi connectivity index (χ1v) is 11.0. The van der Waals surface area contributed by atoms with E-state index in [9.17, 15) is 13.5 Å². The van der Waals surface area contributed by atoms with Crippen molar-refractivity contribution in [2.45, 2.75) is 26.9 Å². The van der Waals surface area contributed by atoms with Crippen molar-refractivity contribution in [2.75, 3.05) is 18.6 Å². The van der Waals surface area contributed by atoms with Crippen LogP contribution < -0.4 is 4.74 Å². The molecule has 0 aliphatic rings. The van der Waals surface area contributed by atoms with E-state index in [1.807, 2.05) is 38.1 Å². The first-order valence-electron chi connectivity index (χ1n) is 8.14. The lowest BCUT2D eigenvalue weighted by Gasteiger charge is -2.19. The number of aliphatic hydroxyl groups excluding tert-OH is 1. The summed E-state index contributed by atoms with van der Waals surface area (Å²) in [4.78, 5) is 0. The van der Waals surface area contributed by atoms with Crippen LogP contribution in [0, 0.1) is 13.8 Å². The summed E-state index contributed by atoms with van der Waals surface area (Å²) in [5, 5.41) is 10.2. The Morgan fingerprint density at radius 1 is 1.12 bits per heavy atom. The zero-order chi connectivity index (χ0) is 19.5. The molecule has 142 valence electrons. The van der Waals surface area contributed by atoms with Gasteiger partial charge in [-0.1, -0.05) is 41.4 Å². The maximum atomic E-state index is 11.2. The van der Waals surface area contributed by atoms with Gasteiger partial charge in [-0.2, -0.15) is 0 Å². The summed E-state index contributed by atoms with van der Waals surface area (Å²) >= 11 is 13.0. The molecule has 0 saturated carbocycles. The molecule has 0 bridgehead atoms. The van der Waals surface area contributed by atoms with Crippen LogP contribution in [0.4, 0.5) is 0 Å². The van der Waals surface area contributed by atoms with Gasteiger partial charge in [0.05, 0.1) is 29.0 Å². The molecule has 4 nitrogen and oxygen atoms in total. The Bertz CT molecular complexity index is 879. The Kier molecular flexibility index (Phi) is 6.97. The average molecular weight is 417 g/mol. The van der Waals surface area contributed by atoms with Gasteiger partial charge in [0, 0.05) is 6.26 Å². The van der Waals surface area contributed by atoms with Gasteiger partial charge in [-0.25, -0.2) is 8.42 Å². The van der Waals surface area contributed by atoms with Gasteiger partial charge in [0.15, 0.2) is 5.75 Å². The number of ether oxygens (including phenoxy) is 1. The molecule has 0 atom stereocenters. The highest BCUT2D eigenvalue weighted by Crippen LogP contribution is 2.44. The van der Waals surface area contributed by atoms with E-state index in [1.165, 1.54) is 6.26 Å². The van der Waals surface area contributed by atoms with Crippen molar-refractivity contribution in [2.24, 2.45) is 0 Å². The van der Waals surface area contributed by atoms with Gasteiger partial charge < -0.3 is 9.84 Å². The molecule has 0 spiro atoms.